The molecule has 0 bridgehead atoms. The van der Waals surface area contributed by atoms with Gasteiger partial charge in [-0.15, -0.1) is 0 Å². The average Bonchev–Trinajstić information content (AvgIpc) is 3.09. The lowest BCUT2D eigenvalue weighted by Gasteiger charge is -2.28. The number of carbonyl (C=O) groups excluding carboxylic acids is 2. The summed E-state index contributed by atoms with van der Waals surface area (Å²) in [6, 6.07) is 15.5. The van der Waals surface area contributed by atoms with Crippen LogP contribution in [0.25, 0.3) is 10.9 Å². The number of aromatic nitrogens is 1. The second kappa shape index (κ2) is 10.6. The van der Waals surface area contributed by atoms with Gasteiger partial charge in [-0.2, -0.15) is 0 Å². The van der Waals surface area contributed by atoms with Crippen LogP contribution in [0.3, 0.4) is 0 Å². The highest BCUT2D eigenvalue weighted by atomic mass is 16.5. The Hall–Kier alpha value is -3.48. The van der Waals surface area contributed by atoms with Crippen LogP contribution in [0.2, 0.25) is 0 Å². The maximum Gasteiger partial charge on any atom is 0.245 e. The minimum Gasteiger partial charge on any atom is -0.497 e. The predicted octanol–water partition coefficient (Wildman–Crippen LogP) is 3.60. The van der Waals surface area contributed by atoms with Crippen molar-refractivity contribution in [2.75, 3.05) is 38.2 Å². The second-order valence-corrected chi connectivity index (χ2v) is 9.14. The Morgan fingerprint density at radius 3 is 2.53 bits per heavy atom. The summed E-state index contributed by atoms with van der Waals surface area (Å²) in [6.45, 7) is 6.61. The SMILES string of the molecule is COc1ccc(N2CCCN(C(=O)C(Cc3c[nH]c4ccccc34)NC(=O)C(C)C)CC2)cc1. The van der Waals surface area contributed by atoms with E-state index in [4.69, 9.17) is 4.74 Å². The summed E-state index contributed by atoms with van der Waals surface area (Å²) in [6.07, 6.45) is 3.27. The summed E-state index contributed by atoms with van der Waals surface area (Å²) in [5.41, 5.74) is 3.19. The van der Waals surface area contributed by atoms with Crippen molar-refractivity contribution in [3.63, 3.8) is 0 Å². The van der Waals surface area contributed by atoms with E-state index in [2.05, 4.69) is 27.3 Å². The fourth-order valence-corrected chi connectivity index (χ4v) is 4.47. The van der Waals surface area contributed by atoms with Gasteiger partial charge in [0.15, 0.2) is 0 Å². The molecule has 2 N–H and O–H groups in total. The van der Waals surface area contributed by atoms with Crippen molar-refractivity contribution in [1.29, 1.82) is 0 Å². The molecule has 3 aromatic rings. The highest BCUT2D eigenvalue weighted by Gasteiger charge is 2.29. The molecule has 1 unspecified atom stereocenters. The maximum atomic E-state index is 13.7. The monoisotopic (exact) mass is 462 g/mol. The molecule has 1 aliphatic heterocycles. The number of amides is 2. The second-order valence-electron chi connectivity index (χ2n) is 9.14. The Labute approximate surface area is 201 Å². The van der Waals surface area contributed by atoms with Crippen LogP contribution in [0.4, 0.5) is 5.69 Å². The molecule has 2 amide bonds. The molecule has 1 aromatic heterocycles. The van der Waals surface area contributed by atoms with Crippen LogP contribution in [0.5, 0.6) is 5.75 Å². The van der Waals surface area contributed by atoms with E-state index in [1.807, 2.05) is 61.3 Å². The molecule has 7 nitrogen and oxygen atoms in total. The number of nitrogens with zero attached hydrogens (tertiary/aromatic N) is 2. The van der Waals surface area contributed by atoms with Crippen LogP contribution in [-0.2, 0) is 16.0 Å². The van der Waals surface area contributed by atoms with Gasteiger partial charge in [-0.05, 0) is 42.3 Å². The van der Waals surface area contributed by atoms with Crippen LogP contribution in [-0.4, -0.2) is 61.0 Å². The lowest BCUT2D eigenvalue weighted by Crippen LogP contribution is -2.51. The minimum atomic E-state index is -0.596. The quantitative estimate of drug-likeness (QED) is 0.563. The average molecular weight is 463 g/mol. The van der Waals surface area contributed by atoms with Crippen molar-refractivity contribution in [1.82, 2.24) is 15.2 Å². The third-order valence-corrected chi connectivity index (χ3v) is 6.48. The number of H-pyrrole nitrogens is 1. The highest BCUT2D eigenvalue weighted by Crippen LogP contribution is 2.22. The molecule has 180 valence electrons. The molecular weight excluding hydrogens is 428 g/mol. The highest BCUT2D eigenvalue weighted by molar-refractivity contribution is 5.90. The number of para-hydroxylation sites is 1. The lowest BCUT2D eigenvalue weighted by atomic mass is 10.0. The number of aromatic amines is 1. The van der Waals surface area contributed by atoms with Crippen LogP contribution in [0.15, 0.2) is 54.7 Å². The van der Waals surface area contributed by atoms with Crippen molar-refractivity contribution in [2.24, 2.45) is 5.92 Å². The molecule has 0 spiro atoms. The first-order chi connectivity index (χ1) is 16.5. The van der Waals surface area contributed by atoms with E-state index in [-0.39, 0.29) is 17.7 Å². The molecule has 1 aliphatic rings. The number of methoxy groups -OCH3 is 1. The fraction of sp³-hybridized carbons (Fsp3) is 0.407. The van der Waals surface area contributed by atoms with Gasteiger partial charge in [0, 0.05) is 61.3 Å². The van der Waals surface area contributed by atoms with Crippen LogP contribution in [0, 0.1) is 5.92 Å². The molecule has 34 heavy (non-hydrogen) atoms. The van der Waals surface area contributed by atoms with Gasteiger partial charge in [-0.3, -0.25) is 9.59 Å². The summed E-state index contributed by atoms with van der Waals surface area (Å²) in [4.78, 5) is 33.7. The molecular formula is C27H34N4O3. The van der Waals surface area contributed by atoms with Gasteiger partial charge in [0.1, 0.15) is 11.8 Å². The van der Waals surface area contributed by atoms with E-state index in [1.165, 1.54) is 0 Å². The Morgan fingerprint density at radius 1 is 1.03 bits per heavy atom. The topological polar surface area (TPSA) is 77.7 Å². The maximum absolute atomic E-state index is 13.7. The Kier molecular flexibility index (Phi) is 7.40. The molecule has 1 saturated heterocycles. The molecule has 0 radical (unpaired) electrons. The number of anilines is 1. The van der Waals surface area contributed by atoms with Crippen molar-refractivity contribution in [3.05, 3.63) is 60.3 Å². The summed E-state index contributed by atoms with van der Waals surface area (Å²) in [5.74, 6) is 0.521. The van der Waals surface area contributed by atoms with Crippen LogP contribution < -0.4 is 15.0 Å². The van der Waals surface area contributed by atoms with Crippen molar-refractivity contribution < 1.29 is 14.3 Å². The van der Waals surface area contributed by atoms with E-state index in [0.29, 0.717) is 19.5 Å². The van der Waals surface area contributed by atoms with Gasteiger partial charge in [0.2, 0.25) is 11.8 Å². The summed E-state index contributed by atoms with van der Waals surface area (Å²) < 4.78 is 5.27. The first-order valence-electron chi connectivity index (χ1n) is 12.0. The third kappa shape index (κ3) is 5.35. The van der Waals surface area contributed by atoms with E-state index < -0.39 is 6.04 Å². The number of nitrogens with one attached hydrogen (secondary N) is 2. The number of fused-ring (bicyclic) bond motifs is 1. The van der Waals surface area contributed by atoms with Crippen LogP contribution >= 0.6 is 0 Å². The van der Waals surface area contributed by atoms with Gasteiger partial charge < -0.3 is 24.8 Å². The van der Waals surface area contributed by atoms with E-state index in [1.54, 1.807) is 7.11 Å². The largest absolute Gasteiger partial charge is 0.497 e. The molecule has 1 fully saturated rings. The number of hydrogen-bond donors (Lipinski definition) is 2. The van der Waals surface area contributed by atoms with E-state index in [0.717, 1.165) is 47.4 Å². The molecule has 0 saturated carbocycles. The minimum absolute atomic E-state index is 0.0177. The smallest absolute Gasteiger partial charge is 0.245 e. The van der Waals surface area contributed by atoms with Crippen LogP contribution in [0.1, 0.15) is 25.8 Å². The zero-order valence-electron chi connectivity index (χ0n) is 20.2. The Balaban J connectivity index is 1.49. The zero-order valence-corrected chi connectivity index (χ0v) is 20.2. The van der Waals surface area contributed by atoms with Gasteiger partial charge in [0.25, 0.3) is 0 Å². The Bertz CT molecular complexity index is 1120. The van der Waals surface area contributed by atoms with Crippen molar-refractivity contribution in [2.45, 2.75) is 32.7 Å². The standard InChI is InChI=1S/C27H34N4O3/c1-19(2)26(32)29-25(17-20-18-28-24-8-5-4-7-23(20)24)27(33)31-14-6-13-30(15-16-31)21-9-11-22(34-3)12-10-21/h4-5,7-12,18-19,25,28H,6,13-17H2,1-3H3,(H,29,32). The lowest BCUT2D eigenvalue weighted by molar-refractivity contribution is -0.137. The normalized spacial score (nSPS) is 15.3. The molecule has 2 heterocycles. The summed E-state index contributed by atoms with van der Waals surface area (Å²) in [5, 5.41) is 4.10. The number of benzene rings is 2. The first kappa shape index (κ1) is 23.7. The van der Waals surface area contributed by atoms with Gasteiger partial charge >= 0.3 is 0 Å². The third-order valence-electron chi connectivity index (χ3n) is 6.48. The molecule has 2 aromatic carbocycles. The number of ether oxygens (including phenoxy) is 1. The fourth-order valence-electron chi connectivity index (χ4n) is 4.47. The van der Waals surface area contributed by atoms with Gasteiger partial charge in [0.05, 0.1) is 7.11 Å². The molecule has 0 aliphatic carbocycles. The number of rotatable bonds is 7. The molecule has 1 atom stereocenters. The van der Waals surface area contributed by atoms with Gasteiger partial charge in [-0.25, -0.2) is 0 Å². The predicted molar refractivity (Wildman–Crippen MR) is 135 cm³/mol. The first-order valence-corrected chi connectivity index (χ1v) is 12.0. The zero-order chi connectivity index (χ0) is 24.1. The van der Waals surface area contributed by atoms with Crippen molar-refractivity contribution >= 4 is 28.4 Å². The summed E-state index contributed by atoms with van der Waals surface area (Å²) >= 11 is 0. The Morgan fingerprint density at radius 2 is 1.79 bits per heavy atom. The molecule has 4 rings (SSSR count). The van der Waals surface area contributed by atoms with Gasteiger partial charge in [-0.1, -0.05) is 32.0 Å². The summed E-state index contributed by atoms with van der Waals surface area (Å²) in [7, 11) is 1.66. The molecule has 7 heteroatoms. The number of carbonyl (C=O) groups is 2. The van der Waals surface area contributed by atoms with E-state index in [9.17, 15) is 9.59 Å². The number of hydrogen-bond acceptors (Lipinski definition) is 4. The van der Waals surface area contributed by atoms with E-state index >= 15 is 0 Å². The van der Waals surface area contributed by atoms with Crippen molar-refractivity contribution in [3.8, 4) is 5.75 Å².